The molecule has 1 aromatic carbocycles. The maximum Gasteiger partial charge on any atom is 0.270 e. The van der Waals surface area contributed by atoms with E-state index < -0.39 is 6.10 Å². The summed E-state index contributed by atoms with van der Waals surface area (Å²) in [4.78, 5) is 30.6. The van der Waals surface area contributed by atoms with Crippen LogP contribution in [0, 0.1) is 0 Å². The average molecular weight is 440 g/mol. The van der Waals surface area contributed by atoms with E-state index in [4.69, 9.17) is 0 Å². The number of amides is 1. The summed E-state index contributed by atoms with van der Waals surface area (Å²) in [6.07, 6.45) is 8.83. The van der Waals surface area contributed by atoms with Crippen LogP contribution < -0.4 is 5.32 Å². The number of nitrogens with zero attached hydrogens (tertiary/aromatic N) is 4. The van der Waals surface area contributed by atoms with Crippen molar-refractivity contribution >= 4 is 16.8 Å². The molecule has 0 bridgehead atoms. The number of carbonyl (C=O) groups excluding carboxylic acids is 1. The fourth-order valence-electron chi connectivity index (χ4n) is 4.34. The van der Waals surface area contributed by atoms with E-state index in [1.54, 1.807) is 18.5 Å². The first kappa shape index (κ1) is 21.2. The topological polar surface area (TPSA) is 101 Å². The maximum absolute atomic E-state index is 13.0. The van der Waals surface area contributed by atoms with Gasteiger partial charge in [0.2, 0.25) is 0 Å². The molecule has 4 aromatic rings. The van der Waals surface area contributed by atoms with E-state index in [0.29, 0.717) is 23.6 Å². The van der Waals surface area contributed by atoms with Gasteiger partial charge in [0.05, 0.1) is 17.7 Å². The molecule has 2 atom stereocenters. The molecular weight excluding hydrogens is 414 g/mol. The second-order valence-corrected chi connectivity index (χ2v) is 8.42. The van der Waals surface area contributed by atoms with E-state index in [2.05, 4.69) is 25.3 Å². The monoisotopic (exact) mass is 439 g/mol. The zero-order chi connectivity index (χ0) is 22.6. The van der Waals surface area contributed by atoms with Gasteiger partial charge in [-0.1, -0.05) is 37.1 Å². The summed E-state index contributed by atoms with van der Waals surface area (Å²) in [5.41, 5.74) is 3.86. The number of benzene rings is 1. The van der Waals surface area contributed by atoms with E-state index in [1.807, 2.05) is 48.7 Å². The van der Waals surface area contributed by atoms with Gasteiger partial charge < -0.3 is 10.4 Å². The first-order chi connectivity index (χ1) is 16.2. The molecule has 0 aliphatic heterocycles. The standard InChI is InChI=1S/C26H25N5O2/c32-24-9-4-3-8-21(24)31-26(33)23-15-18(19-6-1-2-7-20(19)30-23)14-17-10-11-22(29-16-17)25-27-12-5-13-28-25/h1-2,5-7,10-13,15-16,21,24,32H,3-4,8-9,14H2,(H,31,33). The van der Waals surface area contributed by atoms with Gasteiger partial charge in [-0.15, -0.1) is 0 Å². The Bertz CT molecular complexity index is 1260. The Hall–Kier alpha value is -3.71. The molecule has 1 fully saturated rings. The third-order valence-electron chi connectivity index (χ3n) is 6.09. The van der Waals surface area contributed by atoms with Gasteiger partial charge in [-0.25, -0.2) is 15.0 Å². The number of rotatable bonds is 5. The van der Waals surface area contributed by atoms with Crippen LogP contribution in [-0.2, 0) is 6.42 Å². The number of nitrogens with one attached hydrogen (secondary N) is 1. The van der Waals surface area contributed by atoms with Crippen molar-refractivity contribution in [3.05, 3.63) is 83.9 Å². The van der Waals surface area contributed by atoms with Gasteiger partial charge in [0.15, 0.2) is 5.82 Å². The molecule has 33 heavy (non-hydrogen) atoms. The summed E-state index contributed by atoms with van der Waals surface area (Å²) in [5.74, 6) is 0.338. The third-order valence-corrected chi connectivity index (χ3v) is 6.09. The molecule has 3 aromatic heterocycles. The van der Waals surface area contributed by atoms with E-state index in [1.165, 1.54) is 0 Å². The van der Waals surface area contributed by atoms with Crippen molar-refractivity contribution in [1.29, 1.82) is 0 Å². The molecule has 1 aliphatic carbocycles. The lowest BCUT2D eigenvalue weighted by Gasteiger charge is -2.28. The highest BCUT2D eigenvalue weighted by Gasteiger charge is 2.25. The van der Waals surface area contributed by atoms with Gasteiger partial charge in [-0.3, -0.25) is 9.78 Å². The smallest absolute Gasteiger partial charge is 0.270 e. The summed E-state index contributed by atoms with van der Waals surface area (Å²) in [6, 6.07) is 15.1. The van der Waals surface area contributed by atoms with Crippen molar-refractivity contribution in [2.45, 2.75) is 44.2 Å². The highest BCUT2D eigenvalue weighted by molar-refractivity contribution is 5.96. The summed E-state index contributed by atoms with van der Waals surface area (Å²) in [7, 11) is 0. The summed E-state index contributed by atoms with van der Waals surface area (Å²) >= 11 is 0. The number of pyridine rings is 2. The molecule has 2 unspecified atom stereocenters. The average Bonchev–Trinajstić information content (AvgIpc) is 2.86. The van der Waals surface area contributed by atoms with Crippen LogP contribution in [0.4, 0.5) is 0 Å². The molecular formula is C26H25N5O2. The minimum Gasteiger partial charge on any atom is -0.391 e. The number of para-hydroxylation sites is 1. The SMILES string of the molecule is O=C(NC1CCCCC1O)c1cc(Cc2ccc(-c3ncccn3)nc2)c2ccccc2n1. The zero-order valence-corrected chi connectivity index (χ0v) is 18.2. The Morgan fingerprint density at radius 3 is 2.61 bits per heavy atom. The molecule has 0 saturated heterocycles. The first-order valence-corrected chi connectivity index (χ1v) is 11.3. The van der Waals surface area contributed by atoms with Crippen LogP contribution >= 0.6 is 0 Å². The highest BCUT2D eigenvalue weighted by atomic mass is 16.3. The zero-order valence-electron chi connectivity index (χ0n) is 18.2. The van der Waals surface area contributed by atoms with E-state index >= 15 is 0 Å². The van der Waals surface area contributed by atoms with Crippen LogP contribution in [-0.4, -0.2) is 43.1 Å². The minimum atomic E-state index is -0.499. The highest BCUT2D eigenvalue weighted by Crippen LogP contribution is 2.23. The van der Waals surface area contributed by atoms with Crippen LogP contribution in [0.5, 0.6) is 0 Å². The Balaban J connectivity index is 1.42. The Kier molecular flexibility index (Phi) is 6.04. The molecule has 1 saturated carbocycles. The predicted molar refractivity (Wildman–Crippen MR) is 126 cm³/mol. The van der Waals surface area contributed by atoms with Gasteiger partial charge in [0.25, 0.3) is 5.91 Å². The lowest BCUT2D eigenvalue weighted by molar-refractivity contribution is 0.0714. The number of carbonyl (C=O) groups is 1. The van der Waals surface area contributed by atoms with Gasteiger partial charge >= 0.3 is 0 Å². The maximum atomic E-state index is 13.0. The molecule has 2 N–H and O–H groups in total. The largest absolute Gasteiger partial charge is 0.391 e. The number of aromatic nitrogens is 4. The Labute approximate surface area is 192 Å². The molecule has 5 rings (SSSR count). The van der Waals surface area contributed by atoms with Crippen LogP contribution in [0.3, 0.4) is 0 Å². The third kappa shape index (κ3) is 4.73. The predicted octanol–water partition coefficient (Wildman–Crippen LogP) is 3.71. The fraction of sp³-hybridized carbons (Fsp3) is 0.269. The van der Waals surface area contributed by atoms with Crippen molar-refractivity contribution in [1.82, 2.24) is 25.3 Å². The van der Waals surface area contributed by atoms with Crippen molar-refractivity contribution < 1.29 is 9.90 Å². The van der Waals surface area contributed by atoms with E-state index in [9.17, 15) is 9.90 Å². The first-order valence-electron chi connectivity index (χ1n) is 11.3. The number of aliphatic hydroxyl groups is 1. The van der Waals surface area contributed by atoms with Crippen molar-refractivity contribution in [3.63, 3.8) is 0 Å². The Morgan fingerprint density at radius 2 is 1.82 bits per heavy atom. The van der Waals surface area contributed by atoms with Gasteiger partial charge in [0.1, 0.15) is 11.4 Å². The summed E-state index contributed by atoms with van der Waals surface area (Å²) in [6.45, 7) is 0. The second-order valence-electron chi connectivity index (χ2n) is 8.42. The van der Waals surface area contributed by atoms with Gasteiger partial charge in [0, 0.05) is 24.0 Å². The lowest BCUT2D eigenvalue weighted by Crippen LogP contribution is -2.45. The van der Waals surface area contributed by atoms with Crippen molar-refractivity contribution in [3.8, 4) is 11.5 Å². The molecule has 7 heteroatoms. The van der Waals surface area contributed by atoms with Crippen LogP contribution in [0.25, 0.3) is 22.4 Å². The van der Waals surface area contributed by atoms with Gasteiger partial charge in [-0.05, 0) is 54.7 Å². The molecule has 3 heterocycles. The van der Waals surface area contributed by atoms with Crippen molar-refractivity contribution in [2.75, 3.05) is 0 Å². The molecule has 166 valence electrons. The number of hydrogen-bond acceptors (Lipinski definition) is 6. The van der Waals surface area contributed by atoms with Crippen LogP contribution in [0.15, 0.2) is 67.1 Å². The Morgan fingerprint density at radius 1 is 1.00 bits per heavy atom. The molecule has 0 spiro atoms. The molecule has 1 aliphatic rings. The number of hydrogen-bond donors (Lipinski definition) is 2. The van der Waals surface area contributed by atoms with Crippen molar-refractivity contribution in [2.24, 2.45) is 0 Å². The number of aliphatic hydroxyl groups excluding tert-OH is 1. The summed E-state index contributed by atoms with van der Waals surface area (Å²) < 4.78 is 0. The second kappa shape index (κ2) is 9.42. The van der Waals surface area contributed by atoms with E-state index in [-0.39, 0.29) is 11.9 Å². The van der Waals surface area contributed by atoms with E-state index in [0.717, 1.165) is 47.7 Å². The summed E-state index contributed by atoms with van der Waals surface area (Å²) in [5, 5.41) is 14.2. The van der Waals surface area contributed by atoms with Crippen LogP contribution in [0.1, 0.15) is 47.3 Å². The fourth-order valence-corrected chi connectivity index (χ4v) is 4.34. The molecule has 1 amide bonds. The number of fused-ring (bicyclic) bond motifs is 1. The van der Waals surface area contributed by atoms with Crippen LogP contribution in [0.2, 0.25) is 0 Å². The lowest BCUT2D eigenvalue weighted by atomic mass is 9.92. The quantitative estimate of drug-likeness (QED) is 0.492. The van der Waals surface area contributed by atoms with Gasteiger partial charge in [-0.2, -0.15) is 0 Å². The minimum absolute atomic E-state index is 0.222. The normalized spacial score (nSPS) is 18.2. The molecule has 0 radical (unpaired) electrons. The molecule has 7 nitrogen and oxygen atoms in total.